The van der Waals surface area contributed by atoms with E-state index < -0.39 is 10.0 Å². The van der Waals surface area contributed by atoms with Crippen LogP contribution in [0.2, 0.25) is 0 Å². The summed E-state index contributed by atoms with van der Waals surface area (Å²) in [6.07, 6.45) is 0. The van der Waals surface area contributed by atoms with Gasteiger partial charge in [-0.1, -0.05) is 0 Å². The second-order valence-corrected chi connectivity index (χ2v) is 9.01. The summed E-state index contributed by atoms with van der Waals surface area (Å²) in [7, 11) is -1.77. The third kappa shape index (κ3) is 3.72. The molecule has 0 amide bonds. The first-order chi connectivity index (χ1) is 11.9. The number of likely N-dealkylation sites (N-methyl/N-ethyl adjacent to an activating group) is 1. The van der Waals surface area contributed by atoms with Crippen molar-refractivity contribution in [3.05, 3.63) is 5.38 Å². The molecule has 1 saturated heterocycles. The van der Waals surface area contributed by atoms with Crippen molar-refractivity contribution in [1.82, 2.24) is 18.0 Å². The maximum absolute atomic E-state index is 12.8. The zero-order chi connectivity index (χ0) is 18.0. The Labute approximate surface area is 154 Å². The Kier molecular flexibility index (Phi) is 5.43. The van der Waals surface area contributed by atoms with E-state index in [1.807, 2.05) is 14.0 Å². The summed E-state index contributed by atoms with van der Waals surface area (Å²) in [5.74, 6) is 0.365. The second kappa shape index (κ2) is 7.41. The molecule has 2 aromatic heterocycles. The third-order valence-corrected chi connectivity index (χ3v) is 7.66. The van der Waals surface area contributed by atoms with Gasteiger partial charge in [0.2, 0.25) is 5.82 Å². The molecular formula is C13H19N5O4S3. The molecule has 25 heavy (non-hydrogen) atoms. The van der Waals surface area contributed by atoms with Crippen LogP contribution in [-0.2, 0) is 10.0 Å². The van der Waals surface area contributed by atoms with Crippen LogP contribution in [0.15, 0.2) is 9.59 Å². The smallest absolute Gasteiger partial charge is 0.271 e. The first-order valence-electron chi connectivity index (χ1n) is 7.65. The van der Waals surface area contributed by atoms with Gasteiger partial charge in [0.25, 0.3) is 15.9 Å². The molecule has 138 valence electrons. The normalized spacial score (nSPS) is 16.9. The fourth-order valence-electron chi connectivity index (χ4n) is 2.37. The first kappa shape index (κ1) is 18.3. The number of sulfonamides is 1. The molecule has 1 fully saturated rings. The minimum Gasteiger partial charge on any atom is -0.504 e. The molecule has 0 unspecified atom stereocenters. The van der Waals surface area contributed by atoms with Crippen molar-refractivity contribution in [3.8, 4) is 11.6 Å². The fraction of sp³-hybridized carbons (Fsp3) is 0.538. The number of ether oxygens (including phenoxy) is 1. The molecule has 9 nitrogen and oxygen atoms in total. The SMILES string of the molecule is CCOc1nsnc1Nc1csc(S(=O)(=O)N2CCN(C)CC2)c1O. The fourth-order valence-corrected chi connectivity index (χ4v) is 5.62. The summed E-state index contributed by atoms with van der Waals surface area (Å²) >= 11 is 1.95. The van der Waals surface area contributed by atoms with Gasteiger partial charge in [0, 0.05) is 31.6 Å². The second-order valence-electron chi connectivity index (χ2n) is 5.47. The van der Waals surface area contributed by atoms with Crippen molar-refractivity contribution in [2.75, 3.05) is 45.2 Å². The number of rotatable bonds is 6. The van der Waals surface area contributed by atoms with Crippen LogP contribution in [0.3, 0.4) is 0 Å². The van der Waals surface area contributed by atoms with Gasteiger partial charge in [-0.15, -0.1) is 15.7 Å². The average molecular weight is 406 g/mol. The molecule has 0 saturated carbocycles. The molecule has 2 N–H and O–H groups in total. The van der Waals surface area contributed by atoms with E-state index in [4.69, 9.17) is 4.74 Å². The van der Waals surface area contributed by atoms with Crippen LogP contribution in [-0.4, -0.2) is 71.3 Å². The number of hydrogen-bond acceptors (Lipinski definition) is 10. The predicted molar refractivity (Wildman–Crippen MR) is 96.6 cm³/mol. The van der Waals surface area contributed by atoms with Crippen LogP contribution in [0.1, 0.15) is 6.92 Å². The van der Waals surface area contributed by atoms with Gasteiger partial charge >= 0.3 is 0 Å². The van der Waals surface area contributed by atoms with Crippen molar-refractivity contribution in [2.45, 2.75) is 11.1 Å². The topological polar surface area (TPSA) is 108 Å². The summed E-state index contributed by atoms with van der Waals surface area (Å²) in [6, 6.07) is 0. The molecule has 2 aromatic rings. The van der Waals surface area contributed by atoms with Gasteiger partial charge in [0.1, 0.15) is 0 Å². The standard InChI is InChI=1S/C13H19N5O4S3/c1-3-22-12-11(15-24-16-12)14-9-8-23-13(10(9)19)25(20,21)18-6-4-17(2)5-7-18/h8,19H,3-7H2,1-2H3,(H,14,15). The van der Waals surface area contributed by atoms with Crippen LogP contribution >= 0.6 is 23.1 Å². The number of nitrogens with zero attached hydrogens (tertiary/aromatic N) is 4. The van der Waals surface area contributed by atoms with Crippen molar-refractivity contribution >= 4 is 44.6 Å². The Morgan fingerprint density at radius 3 is 2.72 bits per heavy atom. The summed E-state index contributed by atoms with van der Waals surface area (Å²) in [4.78, 5) is 2.07. The minimum atomic E-state index is -3.72. The molecule has 0 bridgehead atoms. The van der Waals surface area contributed by atoms with Crippen LogP contribution in [0.5, 0.6) is 11.6 Å². The average Bonchev–Trinajstić information content (AvgIpc) is 3.16. The van der Waals surface area contributed by atoms with Crippen LogP contribution in [0.4, 0.5) is 11.5 Å². The molecule has 0 radical (unpaired) electrons. The maximum Gasteiger partial charge on any atom is 0.271 e. The highest BCUT2D eigenvalue weighted by Crippen LogP contribution is 2.41. The molecular weight excluding hydrogens is 386 g/mol. The number of hydrogen-bond donors (Lipinski definition) is 2. The summed E-state index contributed by atoms with van der Waals surface area (Å²) < 4.78 is 40.3. The molecule has 0 aromatic carbocycles. The zero-order valence-corrected chi connectivity index (χ0v) is 16.2. The number of aromatic hydroxyl groups is 1. The highest BCUT2D eigenvalue weighted by Gasteiger charge is 2.32. The van der Waals surface area contributed by atoms with E-state index in [2.05, 4.69) is 19.0 Å². The van der Waals surface area contributed by atoms with Gasteiger partial charge in [-0.05, 0) is 14.0 Å². The molecule has 0 atom stereocenters. The number of thiophene rings is 1. The van der Waals surface area contributed by atoms with E-state index in [9.17, 15) is 13.5 Å². The van der Waals surface area contributed by atoms with Gasteiger partial charge < -0.3 is 20.1 Å². The molecule has 3 heterocycles. The number of anilines is 2. The van der Waals surface area contributed by atoms with Crippen LogP contribution in [0.25, 0.3) is 0 Å². The lowest BCUT2D eigenvalue weighted by atomic mass is 10.4. The van der Waals surface area contributed by atoms with E-state index in [-0.39, 0.29) is 15.6 Å². The molecule has 3 rings (SSSR count). The highest BCUT2D eigenvalue weighted by atomic mass is 32.2. The van der Waals surface area contributed by atoms with E-state index >= 15 is 0 Å². The van der Waals surface area contributed by atoms with Crippen molar-refractivity contribution in [2.24, 2.45) is 0 Å². The molecule has 1 aliphatic heterocycles. The van der Waals surface area contributed by atoms with Crippen LogP contribution in [0, 0.1) is 0 Å². The van der Waals surface area contributed by atoms with Crippen molar-refractivity contribution in [1.29, 1.82) is 0 Å². The third-order valence-electron chi connectivity index (χ3n) is 3.76. The van der Waals surface area contributed by atoms with E-state index in [1.165, 1.54) is 4.31 Å². The van der Waals surface area contributed by atoms with Gasteiger partial charge in [-0.2, -0.15) is 8.68 Å². The Bertz CT molecular complexity index is 827. The van der Waals surface area contributed by atoms with E-state index in [0.717, 1.165) is 23.1 Å². The largest absolute Gasteiger partial charge is 0.504 e. The van der Waals surface area contributed by atoms with E-state index in [0.29, 0.717) is 44.5 Å². The lowest BCUT2D eigenvalue weighted by molar-refractivity contribution is 0.222. The van der Waals surface area contributed by atoms with Gasteiger partial charge in [-0.3, -0.25) is 0 Å². The molecule has 0 aliphatic carbocycles. The molecule has 0 spiro atoms. The Morgan fingerprint density at radius 1 is 1.32 bits per heavy atom. The van der Waals surface area contributed by atoms with E-state index in [1.54, 1.807) is 5.38 Å². The maximum atomic E-state index is 12.8. The number of aromatic nitrogens is 2. The van der Waals surface area contributed by atoms with Gasteiger partial charge in [-0.25, -0.2) is 8.42 Å². The highest BCUT2D eigenvalue weighted by molar-refractivity contribution is 7.91. The zero-order valence-electron chi connectivity index (χ0n) is 13.8. The minimum absolute atomic E-state index is 0.0688. The summed E-state index contributed by atoms with van der Waals surface area (Å²) in [6.45, 7) is 4.40. The van der Waals surface area contributed by atoms with Gasteiger partial charge in [0.05, 0.1) is 24.0 Å². The Morgan fingerprint density at radius 2 is 2.04 bits per heavy atom. The Hall–Kier alpha value is -1.47. The summed E-state index contributed by atoms with van der Waals surface area (Å²) in [5, 5.41) is 14.9. The molecule has 1 aliphatic rings. The lowest BCUT2D eigenvalue weighted by Gasteiger charge is -2.31. The predicted octanol–water partition coefficient (Wildman–Crippen LogP) is 1.38. The molecule has 12 heteroatoms. The number of piperazine rings is 1. The monoisotopic (exact) mass is 405 g/mol. The first-order valence-corrected chi connectivity index (χ1v) is 10.7. The van der Waals surface area contributed by atoms with Gasteiger partial charge in [0.15, 0.2) is 9.96 Å². The summed E-state index contributed by atoms with van der Waals surface area (Å²) in [5.41, 5.74) is 0.270. The quantitative estimate of drug-likeness (QED) is 0.742. The number of nitrogens with one attached hydrogen (secondary N) is 1. The lowest BCUT2D eigenvalue weighted by Crippen LogP contribution is -2.46. The Balaban J connectivity index is 1.82. The van der Waals surface area contributed by atoms with Crippen molar-refractivity contribution < 1.29 is 18.3 Å². The van der Waals surface area contributed by atoms with Crippen LogP contribution < -0.4 is 10.1 Å². The van der Waals surface area contributed by atoms with Crippen molar-refractivity contribution in [3.63, 3.8) is 0 Å².